The van der Waals surface area contributed by atoms with E-state index in [1.165, 1.54) is 276 Å². The van der Waals surface area contributed by atoms with Crippen LogP contribution in [-0.2, 0) is 32.7 Å². The number of hydrogen-bond acceptors (Lipinski definition) is 8. The van der Waals surface area contributed by atoms with E-state index in [0.29, 0.717) is 6.42 Å². The third-order valence-electron chi connectivity index (χ3n) is 14.8. The predicted octanol–water partition coefficient (Wildman–Crippen LogP) is 21.0. The number of esters is 2. The first kappa shape index (κ1) is 73.5. The van der Waals surface area contributed by atoms with Crippen LogP contribution in [0.3, 0.4) is 0 Å². The van der Waals surface area contributed by atoms with Crippen molar-refractivity contribution in [3.8, 4) is 0 Å². The van der Waals surface area contributed by atoms with Crippen LogP contribution < -0.4 is 5.73 Å². The summed E-state index contributed by atoms with van der Waals surface area (Å²) in [5.41, 5.74) is 5.39. The summed E-state index contributed by atoms with van der Waals surface area (Å²) in [6, 6.07) is 0. The van der Waals surface area contributed by atoms with E-state index in [4.69, 9.17) is 24.3 Å². The van der Waals surface area contributed by atoms with Crippen LogP contribution in [0.2, 0.25) is 0 Å². The van der Waals surface area contributed by atoms with E-state index in [0.717, 1.165) is 38.5 Å². The smallest absolute Gasteiger partial charge is 0.462 e. The highest BCUT2D eigenvalue weighted by atomic mass is 31.2. The molecule has 75 heavy (non-hydrogen) atoms. The molecule has 0 saturated heterocycles. The molecule has 0 rings (SSSR count). The van der Waals surface area contributed by atoms with Crippen molar-refractivity contribution in [1.82, 2.24) is 0 Å². The molecule has 0 aliphatic heterocycles. The Labute approximate surface area is 465 Å². The van der Waals surface area contributed by atoms with Crippen molar-refractivity contribution in [2.24, 2.45) is 5.73 Å². The van der Waals surface area contributed by atoms with E-state index in [1.807, 2.05) is 0 Å². The Morgan fingerprint density at radius 2 is 0.693 bits per heavy atom. The summed E-state index contributed by atoms with van der Waals surface area (Å²) in [6.07, 6.45) is 74.1. The number of phosphoric ester groups is 1. The molecule has 2 unspecified atom stereocenters. The summed E-state index contributed by atoms with van der Waals surface area (Å²) < 4.78 is 33.1. The highest BCUT2D eigenvalue weighted by Crippen LogP contribution is 2.43. The van der Waals surface area contributed by atoms with Gasteiger partial charge in [0.2, 0.25) is 0 Å². The second-order valence-electron chi connectivity index (χ2n) is 22.3. The minimum atomic E-state index is -4.38. The van der Waals surface area contributed by atoms with Crippen LogP contribution >= 0.6 is 7.82 Å². The molecule has 0 aromatic heterocycles. The Balaban J connectivity index is 3.80. The van der Waals surface area contributed by atoms with Crippen molar-refractivity contribution in [3.05, 3.63) is 24.3 Å². The van der Waals surface area contributed by atoms with Gasteiger partial charge in [-0.05, 0) is 44.9 Å². The van der Waals surface area contributed by atoms with Gasteiger partial charge in [0, 0.05) is 19.4 Å². The van der Waals surface area contributed by atoms with E-state index < -0.39 is 26.5 Å². The molecule has 0 amide bonds. The number of carbonyl (C=O) groups excluding carboxylic acids is 2. The number of phosphoric acid groups is 1. The largest absolute Gasteiger partial charge is 0.472 e. The number of carbonyl (C=O) groups is 2. The van der Waals surface area contributed by atoms with Gasteiger partial charge in [0.05, 0.1) is 13.2 Å². The molecule has 0 spiro atoms. The molecule has 0 bridgehead atoms. The van der Waals surface area contributed by atoms with Crippen LogP contribution in [0.4, 0.5) is 0 Å². The van der Waals surface area contributed by atoms with E-state index >= 15 is 0 Å². The Bertz CT molecular complexity index is 1280. The first-order chi connectivity index (χ1) is 36.8. The fourth-order valence-corrected chi connectivity index (χ4v) is 10.7. The molecular weight excluding hydrogens is 954 g/mol. The molecular formula is C65H126NO8P. The number of ether oxygens (including phenoxy) is 2. The summed E-state index contributed by atoms with van der Waals surface area (Å²) in [7, 11) is -4.38. The van der Waals surface area contributed by atoms with E-state index in [9.17, 15) is 19.0 Å². The second kappa shape index (κ2) is 61.7. The molecule has 0 aromatic carbocycles. The van der Waals surface area contributed by atoms with Crippen LogP contribution in [0.1, 0.15) is 348 Å². The van der Waals surface area contributed by atoms with Gasteiger partial charge in [-0.1, -0.05) is 314 Å². The van der Waals surface area contributed by atoms with E-state index in [2.05, 4.69) is 38.2 Å². The molecule has 9 nitrogen and oxygen atoms in total. The summed E-state index contributed by atoms with van der Waals surface area (Å²) in [5.74, 6) is -0.804. The first-order valence-electron chi connectivity index (χ1n) is 32.8. The molecule has 0 fully saturated rings. The summed E-state index contributed by atoms with van der Waals surface area (Å²) in [5, 5.41) is 0. The summed E-state index contributed by atoms with van der Waals surface area (Å²) >= 11 is 0. The lowest BCUT2D eigenvalue weighted by Gasteiger charge is -2.19. The number of allylic oxidation sites excluding steroid dienone is 4. The second-order valence-corrected chi connectivity index (χ2v) is 23.8. The molecule has 444 valence electrons. The van der Waals surface area contributed by atoms with Crippen molar-refractivity contribution in [1.29, 1.82) is 0 Å². The zero-order chi connectivity index (χ0) is 54.5. The molecule has 3 N–H and O–H groups in total. The number of hydrogen-bond donors (Lipinski definition) is 2. The van der Waals surface area contributed by atoms with Crippen LogP contribution in [0.25, 0.3) is 0 Å². The van der Waals surface area contributed by atoms with Gasteiger partial charge in [-0.2, -0.15) is 0 Å². The molecule has 0 radical (unpaired) electrons. The van der Waals surface area contributed by atoms with Crippen LogP contribution in [0, 0.1) is 0 Å². The van der Waals surface area contributed by atoms with Crippen molar-refractivity contribution in [3.63, 3.8) is 0 Å². The Hall–Kier alpha value is -1.51. The van der Waals surface area contributed by atoms with Gasteiger partial charge in [-0.25, -0.2) is 4.57 Å². The average molecular weight is 1080 g/mol. The minimum Gasteiger partial charge on any atom is -0.462 e. The van der Waals surface area contributed by atoms with Crippen LogP contribution in [-0.4, -0.2) is 49.3 Å². The maximum Gasteiger partial charge on any atom is 0.472 e. The summed E-state index contributed by atoms with van der Waals surface area (Å²) in [4.78, 5) is 35.2. The molecule has 0 aliphatic carbocycles. The SMILES string of the molecule is CCCCCCC/C=C\C/C=C\CCCCCCCCCCCCCCCCCCCCCCCCCC(=O)OC(COC(=O)CCCCCCCCCCCCCCCCCCCCC)COP(=O)(O)OCCN. The predicted molar refractivity (Wildman–Crippen MR) is 321 cm³/mol. The normalized spacial score (nSPS) is 13.1. The highest BCUT2D eigenvalue weighted by molar-refractivity contribution is 7.47. The van der Waals surface area contributed by atoms with Crippen molar-refractivity contribution in [2.75, 3.05) is 26.4 Å². The molecule has 0 saturated carbocycles. The average Bonchev–Trinajstić information content (AvgIpc) is 3.40. The van der Waals surface area contributed by atoms with Gasteiger partial charge in [0.15, 0.2) is 6.10 Å². The van der Waals surface area contributed by atoms with Gasteiger partial charge < -0.3 is 20.1 Å². The zero-order valence-electron chi connectivity index (χ0n) is 49.8. The molecule has 0 heterocycles. The lowest BCUT2D eigenvalue weighted by molar-refractivity contribution is -0.161. The van der Waals surface area contributed by atoms with Crippen molar-refractivity contribution < 1.29 is 37.6 Å². The maximum atomic E-state index is 12.7. The highest BCUT2D eigenvalue weighted by Gasteiger charge is 2.26. The van der Waals surface area contributed by atoms with Crippen LogP contribution in [0.5, 0.6) is 0 Å². The zero-order valence-corrected chi connectivity index (χ0v) is 50.7. The Kier molecular flexibility index (Phi) is 60.5. The van der Waals surface area contributed by atoms with Gasteiger partial charge >= 0.3 is 19.8 Å². The number of unbranched alkanes of at least 4 members (excludes halogenated alkanes) is 46. The fourth-order valence-electron chi connectivity index (χ4n) is 9.97. The topological polar surface area (TPSA) is 134 Å². The Morgan fingerprint density at radius 1 is 0.400 bits per heavy atom. The Morgan fingerprint density at radius 3 is 1.01 bits per heavy atom. The van der Waals surface area contributed by atoms with Crippen LogP contribution in [0.15, 0.2) is 24.3 Å². The minimum absolute atomic E-state index is 0.0572. The molecule has 2 atom stereocenters. The molecule has 0 aliphatic rings. The first-order valence-corrected chi connectivity index (χ1v) is 34.3. The third kappa shape index (κ3) is 61.6. The third-order valence-corrected chi connectivity index (χ3v) is 15.8. The van der Waals surface area contributed by atoms with Gasteiger partial charge in [-0.15, -0.1) is 0 Å². The number of rotatable bonds is 63. The fraction of sp³-hybridized carbons (Fsp3) is 0.908. The van der Waals surface area contributed by atoms with Gasteiger partial charge in [-0.3, -0.25) is 18.6 Å². The van der Waals surface area contributed by atoms with E-state index in [1.54, 1.807) is 0 Å². The van der Waals surface area contributed by atoms with Crippen molar-refractivity contribution >= 4 is 19.8 Å². The monoisotopic (exact) mass is 1080 g/mol. The van der Waals surface area contributed by atoms with Gasteiger partial charge in [0.25, 0.3) is 0 Å². The quantitative estimate of drug-likeness (QED) is 0.0264. The lowest BCUT2D eigenvalue weighted by atomic mass is 10.0. The molecule has 0 aromatic rings. The summed E-state index contributed by atoms with van der Waals surface area (Å²) in [6.45, 7) is 3.81. The molecule has 10 heteroatoms. The number of nitrogens with two attached hydrogens (primary N) is 1. The van der Waals surface area contributed by atoms with Gasteiger partial charge in [0.1, 0.15) is 6.61 Å². The van der Waals surface area contributed by atoms with Crippen molar-refractivity contribution in [2.45, 2.75) is 354 Å². The lowest BCUT2D eigenvalue weighted by Crippen LogP contribution is -2.29. The van der Waals surface area contributed by atoms with E-state index in [-0.39, 0.29) is 38.6 Å². The maximum absolute atomic E-state index is 12.7. The standard InChI is InChI=1S/C65H126NO8P/c1-3-5-7-9-11-13-15-17-19-21-23-24-25-26-27-28-29-30-31-32-33-34-35-36-37-38-40-42-44-46-48-50-52-54-56-58-65(68)74-63(62-73-75(69,70)72-60-59-66)61-71-64(67)57-55-53-51-49-47-45-43-41-39-22-20-18-16-14-12-10-8-6-4-2/h15,17,21,23,63H,3-14,16,18-20,22,24-62,66H2,1-2H3,(H,69,70)/b17-15-,23-21-.